The Morgan fingerprint density at radius 1 is 1.55 bits per heavy atom. The predicted molar refractivity (Wildman–Crippen MR) is 39.2 cm³/mol. The van der Waals surface area contributed by atoms with Crippen LogP contribution in [0.1, 0.15) is 13.3 Å². The minimum Gasteiger partial charge on any atom is -0.346 e. The molecule has 6 heteroatoms. The van der Waals surface area contributed by atoms with Gasteiger partial charge in [-0.25, -0.2) is 0 Å². The van der Waals surface area contributed by atoms with Gasteiger partial charge in [0.15, 0.2) is 0 Å². The Balaban J connectivity index is 3.92. The molecule has 2 N–H and O–H groups in total. The molecule has 0 atom stereocenters. The molecule has 0 radical (unpaired) electrons. The van der Waals surface area contributed by atoms with Gasteiger partial charge in [0.25, 0.3) is 0 Å². The van der Waals surface area contributed by atoms with Crippen LogP contribution in [0.25, 0.3) is 0 Å². The molecular formula is C5H11NO4S. The van der Waals surface area contributed by atoms with Crippen molar-refractivity contribution in [3.8, 4) is 0 Å². The van der Waals surface area contributed by atoms with Crippen LogP contribution in [0.3, 0.4) is 0 Å². The molecule has 66 valence electrons. The summed E-state index contributed by atoms with van der Waals surface area (Å²) < 4.78 is 25.4. The van der Waals surface area contributed by atoms with Crippen LogP contribution < -0.4 is 5.73 Å². The standard InChI is InChI=1S/C5H11NO4S/c1-5(7)10-11(8,9)4-2-3-6/h2-4,6H2,1H3. The van der Waals surface area contributed by atoms with Crippen molar-refractivity contribution in [3.63, 3.8) is 0 Å². The monoisotopic (exact) mass is 181 g/mol. The van der Waals surface area contributed by atoms with Gasteiger partial charge < -0.3 is 9.92 Å². The molecule has 0 saturated carbocycles. The van der Waals surface area contributed by atoms with Crippen molar-refractivity contribution in [1.29, 1.82) is 0 Å². The summed E-state index contributed by atoms with van der Waals surface area (Å²) >= 11 is 0. The van der Waals surface area contributed by atoms with Crippen LogP contribution in [0.4, 0.5) is 0 Å². The SMILES string of the molecule is CC(=O)OS(=O)(=O)CCCN. The normalized spacial score (nSPS) is 11.1. The maximum absolute atomic E-state index is 10.7. The van der Waals surface area contributed by atoms with Crippen molar-refractivity contribution in [2.24, 2.45) is 5.73 Å². The van der Waals surface area contributed by atoms with Gasteiger partial charge in [-0.2, -0.15) is 8.42 Å². The van der Waals surface area contributed by atoms with Crippen molar-refractivity contribution >= 4 is 16.1 Å². The lowest BCUT2D eigenvalue weighted by Crippen LogP contribution is -2.16. The fourth-order valence-corrected chi connectivity index (χ4v) is 1.44. The van der Waals surface area contributed by atoms with Gasteiger partial charge in [0, 0.05) is 6.92 Å². The molecule has 0 amide bonds. The van der Waals surface area contributed by atoms with E-state index in [1.807, 2.05) is 0 Å². The van der Waals surface area contributed by atoms with E-state index in [4.69, 9.17) is 5.73 Å². The van der Waals surface area contributed by atoms with Crippen LogP contribution >= 0.6 is 0 Å². The third kappa shape index (κ3) is 5.81. The molecular weight excluding hydrogens is 170 g/mol. The first-order valence-electron chi connectivity index (χ1n) is 3.11. The van der Waals surface area contributed by atoms with Gasteiger partial charge in [-0.15, -0.1) is 0 Å². The second kappa shape index (κ2) is 4.30. The third-order valence-corrected chi connectivity index (χ3v) is 2.12. The molecule has 0 heterocycles. The molecule has 0 aromatic heterocycles. The molecule has 0 spiro atoms. The topological polar surface area (TPSA) is 86.5 Å². The summed E-state index contributed by atoms with van der Waals surface area (Å²) in [4.78, 5) is 10.2. The first kappa shape index (κ1) is 10.4. The fraction of sp³-hybridized carbons (Fsp3) is 0.800. The number of rotatable bonds is 4. The Hall–Kier alpha value is -0.620. The lowest BCUT2D eigenvalue weighted by Gasteiger charge is -2.00. The quantitative estimate of drug-likeness (QED) is 0.575. The van der Waals surface area contributed by atoms with E-state index in [0.717, 1.165) is 6.92 Å². The summed E-state index contributed by atoms with van der Waals surface area (Å²) in [5, 5.41) is 0. The van der Waals surface area contributed by atoms with Crippen LogP contribution in [0, 0.1) is 0 Å². The molecule has 5 nitrogen and oxygen atoms in total. The van der Waals surface area contributed by atoms with E-state index in [9.17, 15) is 13.2 Å². The zero-order chi connectivity index (χ0) is 8.91. The molecule has 0 aromatic rings. The van der Waals surface area contributed by atoms with Crippen molar-refractivity contribution in [3.05, 3.63) is 0 Å². The highest BCUT2D eigenvalue weighted by Gasteiger charge is 2.12. The molecule has 0 saturated heterocycles. The largest absolute Gasteiger partial charge is 0.346 e. The smallest absolute Gasteiger partial charge is 0.319 e. The Morgan fingerprint density at radius 3 is 2.45 bits per heavy atom. The number of nitrogens with two attached hydrogens (primary N) is 1. The van der Waals surface area contributed by atoms with Crippen LogP contribution in [0.2, 0.25) is 0 Å². The highest BCUT2D eigenvalue weighted by molar-refractivity contribution is 7.87. The van der Waals surface area contributed by atoms with Gasteiger partial charge in [-0.3, -0.25) is 4.79 Å². The summed E-state index contributed by atoms with van der Waals surface area (Å²) in [7, 11) is -3.67. The molecule has 0 bridgehead atoms. The summed E-state index contributed by atoms with van der Waals surface area (Å²) in [6.45, 7) is 1.31. The number of hydrogen-bond acceptors (Lipinski definition) is 5. The average Bonchev–Trinajstić information content (AvgIpc) is 1.81. The van der Waals surface area contributed by atoms with E-state index in [-0.39, 0.29) is 12.3 Å². The molecule has 0 aromatic carbocycles. The van der Waals surface area contributed by atoms with Crippen LogP contribution in [-0.2, 0) is 19.1 Å². The molecule has 0 aliphatic carbocycles. The highest BCUT2D eigenvalue weighted by atomic mass is 32.2. The Bertz CT molecular complexity index is 221. The van der Waals surface area contributed by atoms with Crippen molar-refractivity contribution in [2.75, 3.05) is 12.3 Å². The first-order chi connectivity index (χ1) is 4.98. The molecule has 0 unspecified atom stereocenters. The maximum Gasteiger partial charge on any atom is 0.319 e. The average molecular weight is 181 g/mol. The van der Waals surface area contributed by atoms with E-state index in [2.05, 4.69) is 4.18 Å². The second-order valence-corrected chi connectivity index (χ2v) is 3.67. The Morgan fingerprint density at radius 2 is 2.09 bits per heavy atom. The molecule has 0 fully saturated rings. The van der Waals surface area contributed by atoms with E-state index < -0.39 is 16.1 Å². The first-order valence-corrected chi connectivity index (χ1v) is 4.68. The van der Waals surface area contributed by atoms with Gasteiger partial charge in [0.1, 0.15) is 0 Å². The van der Waals surface area contributed by atoms with Crippen LogP contribution in [0.5, 0.6) is 0 Å². The minimum atomic E-state index is -3.67. The van der Waals surface area contributed by atoms with Gasteiger partial charge >= 0.3 is 16.1 Å². The van der Waals surface area contributed by atoms with Crippen molar-refractivity contribution < 1.29 is 17.4 Å². The molecule has 11 heavy (non-hydrogen) atoms. The lowest BCUT2D eigenvalue weighted by atomic mass is 10.5. The van der Waals surface area contributed by atoms with Crippen LogP contribution in [0.15, 0.2) is 0 Å². The Kier molecular flexibility index (Phi) is 4.06. The van der Waals surface area contributed by atoms with E-state index in [1.54, 1.807) is 0 Å². The summed E-state index contributed by atoms with van der Waals surface area (Å²) in [6.07, 6.45) is 0.301. The van der Waals surface area contributed by atoms with Gasteiger partial charge in [-0.05, 0) is 13.0 Å². The van der Waals surface area contributed by atoms with Crippen molar-refractivity contribution in [1.82, 2.24) is 0 Å². The fourth-order valence-electron chi connectivity index (χ4n) is 0.481. The zero-order valence-corrected chi connectivity index (χ0v) is 7.06. The minimum absolute atomic E-state index is 0.205. The molecule has 0 aliphatic rings. The maximum atomic E-state index is 10.7. The molecule has 0 aliphatic heterocycles. The number of carbonyl (C=O) groups excluding carboxylic acids is 1. The third-order valence-electron chi connectivity index (χ3n) is 0.843. The van der Waals surface area contributed by atoms with Crippen molar-refractivity contribution in [2.45, 2.75) is 13.3 Å². The molecule has 0 rings (SSSR count). The predicted octanol–water partition coefficient (Wildman–Crippen LogP) is -0.772. The van der Waals surface area contributed by atoms with Gasteiger partial charge in [-0.1, -0.05) is 0 Å². The zero-order valence-electron chi connectivity index (χ0n) is 6.24. The van der Waals surface area contributed by atoms with E-state index >= 15 is 0 Å². The highest BCUT2D eigenvalue weighted by Crippen LogP contribution is 1.95. The second-order valence-electron chi connectivity index (χ2n) is 1.98. The number of hydrogen-bond donors (Lipinski definition) is 1. The Labute approximate surface area is 65.6 Å². The van der Waals surface area contributed by atoms with Gasteiger partial charge in [0.2, 0.25) is 0 Å². The van der Waals surface area contributed by atoms with E-state index in [0.29, 0.717) is 6.42 Å². The summed E-state index contributed by atoms with van der Waals surface area (Å²) in [5.74, 6) is -1.02. The van der Waals surface area contributed by atoms with Crippen LogP contribution in [-0.4, -0.2) is 26.7 Å². The van der Waals surface area contributed by atoms with E-state index in [1.165, 1.54) is 0 Å². The summed E-state index contributed by atoms with van der Waals surface area (Å²) in [6, 6.07) is 0. The lowest BCUT2D eigenvalue weighted by molar-refractivity contribution is -0.131. The summed E-state index contributed by atoms with van der Waals surface area (Å²) in [5.41, 5.74) is 5.06. The number of carbonyl (C=O) groups is 1. The van der Waals surface area contributed by atoms with Gasteiger partial charge in [0.05, 0.1) is 5.75 Å².